The monoisotopic (exact) mass is 422 g/mol. The number of hydrogen-bond donors (Lipinski definition) is 2. The first-order valence-electron chi connectivity index (χ1n) is 8.06. The molecule has 0 fully saturated rings. The van der Waals surface area contributed by atoms with Gasteiger partial charge in [-0.3, -0.25) is 19.2 Å². The lowest BCUT2D eigenvalue weighted by molar-refractivity contribution is -0.146. The van der Waals surface area contributed by atoms with Crippen molar-refractivity contribution in [1.82, 2.24) is 5.32 Å². The third-order valence-corrected chi connectivity index (χ3v) is 4.06. The Morgan fingerprint density at radius 3 is 2.39 bits per heavy atom. The average Bonchev–Trinajstić information content (AvgIpc) is 2.64. The molecule has 146 valence electrons. The minimum atomic E-state index is -0.812. The summed E-state index contributed by atoms with van der Waals surface area (Å²) in [6.07, 6.45) is 0. The molecule has 9 heteroatoms. The van der Waals surface area contributed by atoms with Crippen molar-refractivity contribution in [3.05, 3.63) is 63.6 Å². The van der Waals surface area contributed by atoms with Crippen molar-refractivity contribution in [1.29, 1.82) is 0 Å². The summed E-state index contributed by atoms with van der Waals surface area (Å²) in [5.74, 6) is -2.22. The van der Waals surface area contributed by atoms with Gasteiger partial charge in [0, 0.05) is 10.6 Å². The smallest absolute Gasteiger partial charge is 0.325 e. The van der Waals surface area contributed by atoms with E-state index in [1.807, 2.05) is 0 Å². The molecule has 2 aromatic carbocycles. The molecule has 0 bridgehead atoms. The van der Waals surface area contributed by atoms with Crippen LogP contribution in [0, 0.1) is 0 Å². The molecule has 0 spiro atoms. The number of carbonyl (C=O) groups is 4. The first kappa shape index (κ1) is 21.4. The van der Waals surface area contributed by atoms with Crippen LogP contribution in [0.25, 0.3) is 0 Å². The Balaban J connectivity index is 1.81. The van der Waals surface area contributed by atoms with Gasteiger partial charge in [0.25, 0.3) is 11.8 Å². The van der Waals surface area contributed by atoms with E-state index >= 15 is 0 Å². The van der Waals surface area contributed by atoms with Crippen LogP contribution < -0.4 is 10.6 Å². The zero-order chi connectivity index (χ0) is 20.7. The van der Waals surface area contributed by atoms with E-state index in [0.717, 1.165) is 0 Å². The number of ether oxygens (including phenoxy) is 1. The zero-order valence-corrected chi connectivity index (χ0v) is 16.3. The summed E-state index contributed by atoms with van der Waals surface area (Å²) in [6.45, 7) is 0.360. The molecular weight excluding hydrogens is 407 g/mol. The molecule has 0 aliphatic carbocycles. The lowest BCUT2D eigenvalue weighted by Gasteiger charge is -2.10. The predicted molar refractivity (Wildman–Crippen MR) is 105 cm³/mol. The number of halogens is 2. The van der Waals surface area contributed by atoms with Gasteiger partial charge in [0.2, 0.25) is 0 Å². The Labute approximate surface area is 171 Å². The fourth-order valence-corrected chi connectivity index (χ4v) is 2.70. The number of para-hydroxylation sites is 1. The summed E-state index contributed by atoms with van der Waals surface area (Å²) in [5.41, 5.74) is 0.813. The maximum absolute atomic E-state index is 12.0. The van der Waals surface area contributed by atoms with Crippen LogP contribution in [0.15, 0.2) is 42.5 Å². The van der Waals surface area contributed by atoms with Crippen LogP contribution in [0.3, 0.4) is 0 Å². The van der Waals surface area contributed by atoms with Crippen LogP contribution in [0.4, 0.5) is 5.69 Å². The Morgan fingerprint density at radius 2 is 1.71 bits per heavy atom. The molecule has 2 rings (SSSR count). The molecular formula is C19H16Cl2N2O5. The van der Waals surface area contributed by atoms with Crippen LogP contribution in [0.2, 0.25) is 10.0 Å². The van der Waals surface area contributed by atoms with Crippen LogP contribution in [-0.2, 0) is 14.3 Å². The van der Waals surface area contributed by atoms with Gasteiger partial charge in [-0.25, -0.2) is 0 Å². The second-order valence-corrected chi connectivity index (χ2v) is 6.46. The van der Waals surface area contributed by atoms with Gasteiger partial charge in [-0.15, -0.1) is 0 Å². The highest BCUT2D eigenvalue weighted by molar-refractivity contribution is 6.36. The van der Waals surface area contributed by atoms with Gasteiger partial charge >= 0.3 is 5.97 Å². The molecule has 0 aromatic heterocycles. The third-order valence-electron chi connectivity index (χ3n) is 3.51. The summed E-state index contributed by atoms with van der Waals surface area (Å²) >= 11 is 11.7. The minimum Gasteiger partial charge on any atom is -0.454 e. The van der Waals surface area contributed by atoms with Crippen LogP contribution in [0.5, 0.6) is 0 Å². The third kappa shape index (κ3) is 6.07. The average molecular weight is 423 g/mol. The molecule has 2 aromatic rings. The molecule has 28 heavy (non-hydrogen) atoms. The van der Waals surface area contributed by atoms with Crippen molar-refractivity contribution in [3.8, 4) is 0 Å². The normalized spacial score (nSPS) is 10.1. The first-order valence-corrected chi connectivity index (χ1v) is 8.82. The number of esters is 1. The van der Waals surface area contributed by atoms with E-state index in [9.17, 15) is 19.2 Å². The van der Waals surface area contributed by atoms with Crippen molar-refractivity contribution < 1.29 is 23.9 Å². The predicted octanol–water partition coefficient (Wildman–Crippen LogP) is 3.11. The molecule has 0 aliphatic heterocycles. The van der Waals surface area contributed by atoms with Gasteiger partial charge in [-0.05, 0) is 37.3 Å². The number of nitrogens with one attached hydrogen (secondary N) is 2. The Morgan fingerprint density at radius 1 is 1.00 bits per heavy atom. The summed E-state index contributed by atoms with van der Waals surface area (Å²) in [6, 6.07) is 10.8. The molecule has 0 radical (unpaired) electrons. The highest BCUT2D eigenvalue weighted by Crippen LogP contribution is 2.20. The van der Waals surface area contributed by atoms with E-state index in [4.69, 9.17) is 27.9 Å². The van der Waals surface area contributed by atoms with Crippen molar-refractivity contribution in [2.24, 2.45) is 0 Å². The SMILES string of the molecule is CC(=O)c1ccccc1NC(=O)COC(=O)CNC(=O)c1ccc(Cl)cc1Cl. The topological polar surface area (TPSA) is 102 Å². The van der Waals surface area contributed by atoms with Crippen molar-refractivity contribution in [2.75, 3.05) is 18.5 Å². The highest BCUT2D eigenvalue weighted by atomic mass is 35.5. The zero-order valence-electron chi connectivity index (χ0n) is 14.8. The second-order valence-electron chi connectivity index (χ2n) is 5.62. The molecule has 0 aliphatic rings. The van der Waals surface area contributed by atoms with Crippen LogP contribution in [-0.4, -0.2) is 36.7 Å². The first-order chi connectivity index (χ1) is 13.3. The van der Waals surface area contributed by atoms with Gasteiger partial charge < -0.3 is 15.4 Å². The van der Waals surface area contributed by atoms with E-state index in [1.54, 1.807) is 24.3 Å². The van der Waals surface area contributed by atoms with Crippen molar-refractivity contribution in [3.63, 3.8) is 0 Å². The standard InChI is InChI=1S/C19H16Cl2N2O5/c1-11(24)13-4-2-3-5-16(13)23-17(25)10-28-18(26)9-22-19(27)14-7-6-12(20)8-15(14)21/h2-8H,9-10H2,1H3,(H,22,27)(H,23,25). The van der Waals surface area contributed by atoms with Crippen molar-refractivity contribution >= 4 is 52.5 Å². The fourth-order valence-electron chi connectivity index (χ4n) is 2.20. The molecule has 0 saturated carbocycles. The largest absolute Gasteiger partial charge is 0.454 e. The molecule has 0 saturated heterocycles. The highest BCUT2D eigenvalue weighted by Gasteiger charge is 2.14. The van der Waals surface area contributed by atoms with E-state index in [1.165, 1.54) is 25.1 Å². The van der Waals surface area contributed by atoms with Gasteiger partial charge in [-0.2, -0.15) is 0 Å². The van der Waals surface area contributed by atoms with Crippen LogP contribution in [0.1, 0.15) is 27.6 Å². The second kappa shape index (κ2) is 9.87. The van der Waals surface area contributed by atoms with Crippen molar-refractivity contribution in [2.45, 2.75) is 6.92 Å². The Bertz CT molecular complexity index is 930. The maximum atomic E-state index is 12.0. The summed E-state index contributed by atoms with van der Waals surface area (Å²) in [4.78, 5) is 47.2. The Kier molecular flexibility index (Phi) is 7.54. The summed E-state index contributed by atoms with van der Waals surface area (Å²) in [5, 5.41) is 5.35. The number of Topliss-reactive ketones (excluding diaryl/α,β-unsaturated/α-hetero) is 1. The van der Waals surface area contributed by atoms with Gasteiger partial charge in [0.1, 0.15) is 6.54 Å². The number of hydrogen-bond acceptors (Lipinski definition) is 5. The number of carbonyl (C=O) groups excluding carboxylic acids is 4. The van der Waals surface area contributed by atoms with E-state index < -0.39 is 30.9 Å². The molecule has 2 N–H and O–H groups in total. The molecule has 0 unspecified atom stereocenters. The molecule has 2 amide bonds. The number of amides is 2. The lowest BCUT2D eigenvalue weighted by atomic mass is 10.1. The minimum absolute atomic E-state index is 0.141. The molecule has 0 heterocycles. The van der Waals surface area contributed by atoms with E-state index in [2.05, 4.69) is 10.6 Å². The summed E-state index contributed by atoms with van der Waals surface area (Å²) in [7, 11) is 0. The van der Waals surface area contributed by atoms with E-state index in [-0.39, 0.29) is 16.4 Å². The quantitative estimate of drug-likeness (QED) is 0.527. The number of ketones is 1. The van der Waals surface area contributed by atoms with E-state index in [0.29, 0.717) is 16.3 Å². The fraction of sp³-hybridized carbons (Fsp3) is 0.158. The number of benzene rings is 2. The molecule has 0 atom stereocenters. The molecule has 7 nitrogen and oxygen atoms in total. The van der Waals surface area contributed by atoms with Crippen LogP contribution >= 0.6 is 23.2 Å². The maximum Gasteiger partial charge on any atom is 0.325 e. The number of anilines is 1. The van der Waals surface area contributed by atoms with Gasteiger partial charge in [0.15, 0.2) is 12.4 Å². The summed E-state index contributed by atoms with van der Waals surface area (Å²) < 4.78 is 4.81. The Hall–Kier alpha value is -2.90. The van der Waals surface area contributed by atoms with Gasteiger partial charge in [-0.1, -0.05) is 35.3 Å². The lowest BCUT2D eigenvalue weighted by Crippen LogP contribution is -2.32. The van der Waals surface area contributed by atoms with Gasteiger partial charge in [0.05, 0.1) is 16.3 Å². The number of rotatable bonds is 7.